The fraction of sp³-hybridized carbons (Fsp3) is 0.300. The predicted molar refractivity (Wildman–Crippen MR) is 65.0 cm³/mol. The number of esters is 1. The summed E-state index contributed by atoms with van der Waals surface area (Å²) in [6.07, 6.45) is -0.469. The summed E-state index contributed by atoms with van der Waals surface area (Å²) >= 11 is 5.54. The number of carbonyl (C=O) groups is 1. The van der Waals surface area contributed by atoms with Crippen LogP contribution in [-0.2, 0) is 13.8 Å². The quantitative estimate of drug-likeness (QED) is 0.635. The van der Waals surface area contributed by atoms with Crippen molar-refractivity contribution in [1.29, 1.82) is 0 Å². The second kappa shape index (κ2) is 5.42. The van der Waals surface area contributed by atoms with Crippen LogP contribution in [-0.4, -0.2) is 20.5 Å². The Labute approximate surface area is 113 Å². The number of hydrogen-bond acceptors (Lipinski definition) is 4. The van der Waals surface area contributed by atoms with Gasteiger partial charge in [0.05, 0.1) is 16.7 Å². The van der Waals surface area contributed by atoms with Crippen molar-refractivity contribution in [3.05, 3.63) is 28.5 Å². The molecule has 0 aromatic heterocycles. The van der Waals surface area contributed by atoms with Crippen molar-refractivity contribution in [2.75, 3.05) is 0 Å². The first-order valence-electron chi connectivity index (χ1n) is 4.77. The average molecular weight is 315 g/mol. The van der Waals surface area contributed by atoms with Gasteiger partial charge in [0.15, 0.2) is 0 Å². The molecule has 1 aromatic carbocycles. The lowest BCUT2D eigenvalue weighted by molar-refractivity contribution is 0.0372. The molecule has 0 heterocycles. The number of benzene rings is 1. The van der Waals surface area contributed by atoms with Crippen LogP contribution in [0.5, 0.6) is 0 Å². The number of carbonyl (C=O) groups excluding carboxylic acids is 1. The maximum atomic E-state index is 13.5. The Hall–Kier alpha value is -0.850. The van der Waals surface area contributed by atoms with E-state index >= 15 is 0 Å². The SMILES string of the molecule is CC(C)OC(=O)c1cc(S(=O)(=O)Cl)c(Cl)cc1F. The normalized spacial score (nSPS) is 11.7. The molecule has 0 radical (unpaired) electrons. The van der Waals surface area contributed by atoms with Crippen molar-refractivity contribution < 1.29 is 22.3 Å². The highest BCUT2D eigenvalue weighted by molar-refractivity contribution is 8.13. The van der Waals surface area contributed by atoms with E-state index in [1.807, 2.05) is 0 Å². The van der Waals surface area contributed by atoms with E-state index in [9.17, 15) is 17.6 Å². The van der Waals surface area contributed by atoms with E-state index in [1.165, 1.54) is 0 Å². The van der Waals surface area contributed by atoms with Gasteiger partial charge in [0.25, 0.3) is 9.05 Å². The van der Waals surface area contributed by atoms with Gasteiger partial charge in [0, 0.05) is 10.7 Å². The van der Waals surface area contributed by atoms with Gasteiger partial charge >= 0.3 is 5.97 Å². The molecule has 0 aliphatic rings. The molecule has 0 saturated carbocycles. The summed E-state index contributed by atoms with van der Waals surface area (Å²) in [4.78, 5) is 11.0. The summed E-state index contributed by atoms with van der Waals surface area (Å²) in [5.74, 6) is -1.96. The molecule has 0 fully saturated rings. The second-order valence-electron chi connectivity index (χ2n) is 3.65. The van der Waals surface area contributed by atoms with Crippen molar-refractivity contribution >= 4 is 37.3 Å². The third-order valence-corrected chi connectivity index (χ3v) is 3.63. The average Bonchev–Trinajstić information content (AvgIpc) is 2.13. The Balaban J connectivity index is 3.34. The van der Waals surface area contributed by atoms with Crippen LogP contribution in [0, 0.1) is 5.82 Å². The highest BCUT2D eigenvalue weighted by Crippen LogP contribution is 2.28. The zero-order valence-corrected chi connectivity index (χ0v) is 11.7. The fourth-order valence-electron chi connectivity index (χ4n) is 1.15. The van der Waals surface area contributed by atoms with Crippen LogP contribution in [0.2, 0.25) is 5.02 Å². The topological polar surface area (TPSA) is 60.4 Å². The molecule has 0 aliphatic heterocycles. The molecular weight excluding hydrogens is 306 g/mol. The van der Waals surface area contributed by atoms with Gasteiger partial charge in [0.1, 0.15) is 10.7 Å². The summed E-state index contributed by atoms with van der Waals surface area (Å²) in [7, 11) is 0.943. The van der Waals surface area contributed by atoms with Gasteiger partial charge in [-0.05, 0) is 26.0 Å². The van der Waals surface area contributed by atoms with Gasteiger partial charge in [0.2, 0.25) is 0 Å². The van der Waals surface area contributed by atoms with Crippen molar-refractivity contribution in [3.63, 3.8) is 0 Å². The fourth-order valence-corrected chi connectivity index (χ4v) is 2.66. The lowest BCUT2D eigenvalue weighted by Crippen LogP contribution is -2.14. The van der Waals surface area contributed by atoms with E-state index in [-0.39, 0.29) is 0 Å². The van der Waals surface area contributed by atoms with Crippen LogP contribution in [0.25, 0.3) is 0 Å². The van der Waals surface area contributed by atoms with Crippen LogP contribution < -0.4 is 0 Å². The minimum atomic E-state index is -4.17. The molecule has 0 saturated heterocycles. The molecule has 0 bridgehead atoms. The molecule has 18 heavy (non-hydrogen) atoms. The molecule has 0 amide bonds. The molecular formula is C10H9Cl2FO4S. The van der Waals surface area contributed by atoms with Crippen molar-refractivity contribution in [2.45, 2.75) is 24.8 Å². The van der Waals surface area contributed by atoms with Gasteiger partial charge in [-0.2, -0.15) is 0 Å². The van der Waals surface area contributed by atoms with E-state index in [0.29, 0.717) is 6.07 Å². The van der Waals surface area contributed by atoms with Crippen LogP contribution in [0.15, 0.2) is 17.0 Å². The Morgan fingerprint density at radius 2 is 1.94 bits per heavy atom. The summed E-state index contributed by atoms with van der Waals surface area (Å²) < 4.78 is 40.6. The van der Waals surface area contributed by atoms with Crippen molar-refractivity contribution in [1.82, 2.24) is 0 Å². The smallest absolute Gasteiger partial charge is 0.341 e. The summed E-state index contributed by atoms with van der Waals surface area (Å²) in [5.41, 5.74) is -0.535. The minimum absolute atomic E-state index is 0.399. The van der Waals surface area contributed by atoms with Crippen LogP contribution in [0.1, 0.15) is 24.2 Å². The molecule has 0 atom stereocenters. The zero-order valence-electron chi connectivity index (χ0n) is 9.41. The monoisotopic (exact) mass is 314 g/mol. The third-order valence-electron chi connectivity index (χ3n) is 1.85. The Bertz CT molecular complexity index is 584. The summed E-state index contributed by atoms with van der Waals surface area (Å²) in [6, 6.07) is 1.46. The largest absolute Gasteiger partial charge is 0.459 e. The van der Waals surface area contributed by atoms with Crippen LogP contribution in [0.4, 0.5) is 4.39 Å². The highest BCUT2D eigenvalue weighted by atomic mass is 35.7. The van der Waals surface area contributed by atoms with Crippen molar-refractivity contribution in [2.24, 2.45) is 0 Å². The lowest BCUT2D eigenvalue weighted by atomic mass is 10.2. The van der Waals surface area contributed by atoms with E-state index in [4.69, 9.17) is 27.0 Å². The summed E-state index contributed by atoms with van der Waals surface area (Å²) in [6.45, 7) is 3.15. The number of halogens is 3. The molecule has 0 unspecified atom stereocenters. The van der Waals surface area contributed by atoms with Gasteiger partial charge in [-0.1, -0.05) is 11.6 Å². The molecule has 0 aliphatic carbocycles. The number of hydrogen-bond donors (Lipinski definition) is 0. The number of rotatable bonds is 3. The van der Waals surface area contributed by atoms with E-state index in [0.717, 1.165) is 6.07 Å². The Morgan fingerprint density at radius 3 is 2.39 bits per heavy atom. The van der Waals surface area contributed by atoms with E-state index in [1.54, 1.807) is 13.8 Å². The minimum Gasteiger partial charge on any atom is -0.459 e. The molecule has 100 valence electrons. The molecule has 0 spiro atoms. The summed E-state index contributed by atoms with van der Waals surface area (Å²) in [5, 5.41) is -0.399. The van der Waals surface area contributed by atoms with Gasteiger partial charge in [-0.3, -0.25) is 0 Å². The molecule has 0 N–H and O–H groups in total. The first kappa shape index (κ1) is 15.2. The van der Waals surface area contributed by atoms with Crippen molar-refractivity contribution in [3.8, 4) is 0 Å². The Kier molecular flexibility index (Phi) is 4.58. The Morgan fingerprint density at radius 1 is 1.39 bits per heavy atom. The van der Waals surface area contributed by atoms with Gasteiger partial charge in [-0.15, -0.1) is 0 Å². The predicted octanol–water partition coefficient (Wildman–Crippen LogP) is 2.97. The zero-order chi connectivity index (χ0) is 14.1. The third kappa shape index (κ3) is 3.57. The lowest BCUT2D eigenvalue weighted by Gasteiger charge is -2.10. The standard InChI is InChI=1S/C10H9Cl2FO4S/c1-5(2)17-10(14)6-3-9(18(12,15)16)7(11)4-8(6)13/h3-5H,1-2H3. The first-order chi connectivity index (χ1) is 8.12. The molecule has 1 aromatic rings. The maximum absolute atomic E-state index is 13.5. The second-order valence-corrected chi connectivity index (χ2v) is 6.60. The van der Waals surface area contributed by atoms with Crippen LogP contribution in [0.3, 0.4) is 0 Å². The first-order valence-corrected chi connectivity index (χ1v) is 7.46. The van der Waals surface area contributed by atoms with E-state index < -0.39 is 42.4 Å². The number of ether oxygens (including phenoxy) is 1. The molecule has 1 rings (SSSR count). The van der Waals surface area contributed by atoms with Crippen LogP contribution >= 0.6 is 22.3 Å². The van der Waals surface area contributed by atoms with Gasteiger partial charge in [-0.25, -0.2) is 17.6 Å². The highest BCUT2D eigenvalue weighted by Gasteiger charge is 2.22. The van der Waals surface area contributed by atoms with E-state index in [2.05, 4.69) is 0 Å². The molecule has 4 nitrogen and oxygen atoms in total. The molecule has 8 heteroatoms. The van der Waals surface area contributed by atoms with Gasteiger partial charge < -0.3 is 4.74 Å². The maximum Gasteiger partial charge on any atom is 0.341 e.